The molecule has 0 spiro atoms. The summed E-state index contributed by atoms with van der Waals surface area (Å²) in [6.45, 7) is 4.10. The second kappa shape index (κ2) is 10.6. The monoisotopic (exact) mass is 477 g/mol. The highest BCUT2D eigenvalue weighted by atomic mass is 79.9. The van der Waals surface area contributed by atoms with Crippen LogP contribution in [0.15, 0.2) is 65.1 Å². The third-order valence-electron chi connectivity index (χ3n) is 4.27. The van der Waals surface area contributed by atoms with E-state index < -0.39 is 0 Å². The quantitative estimate of drug-likeness (QED) is 0.380. The van der Waals surface area contributed by atoms with Crippen molar-refractivity contribution in [3.05, 3.63) is 92.7 Å². The van der Waals surface area contributed by atoms with Crippen molar-refractivity contribution in [3.8, 4) is 11.5 Å². The number of nitrogens with one attached hydrogen (secondary N) is 1. The molecule has 0 aliphatic heterocycles. The molecule has 29 heavy (non-hydrogen) atoms. The van der Waals surface area contributed by atoms with Crippen LogP contribution in [0.2, 0.25) is 5.02 Å². The average Bonchev–Trinajstić information content (AvgIpc) is 2.70. The lowest BCUT2D eigenvalue weighted by Crippen LogP contribution is -2.13. The third-order valence-corrected chi connectivity index (χ3v) is 5.23. The van der Waals surface area contributed by atoms with Crippen LogP contribution in [0.25, 0.3) is 0 Å². The first-order valence-corrected chi connectivity index (χ1v) is 10.5. The van der Waals surface area contributed by atoms with Crippen molar-refractivity contribution in [2.24, 2.45) is 0 Å². The number of halogens is 3. The van der Waals surface area contributed by atoms with E-state index >= 15 is 0 Å². The Morgan fingerprint density at radius 1 is 0.966 bits per heavy atom. The number of hydrogen-bond donors (Lipinski definition) is 1. The van der Waals surface area contributed by atoms with Gasteiger partial charge in [-0.05, 0) is 69.9 Å². The topological polar surface area (TPSA) is 30.5 Å². The second-order valence-corrected chi connectivity index (χ2v) is 7.71. The van der Waals surface area contributed by atoms with Crippen molar-refractivity contribution >= 4 is 27.5 Å². The van der Waals surface area contributed by atoms with Gasteiger partial charge in [-0.15, -0.1) is 0 Å². The van der Waals surface area contributed by atoms with E-state index in [1.807, 2.05) is 43.3 Å². The van der Waals surface area contributed by atoms with Crippen LogP contribution >= 0.6 is 27.5 Å². The summed E-state index contributed by atoms with van der Waals surface area (Å²) in [5.74, 6) is 1.03. The minimum absolute atomic E-state index is 0.265. The fourth-order valence-electron chi connectivity index (χ4n) is 2.85. The second-order valence-electron chi connectivity index (χ2n) is 6.45. The highest BCUT2D eigenvalue weighted by molar-refractivity contribution is 9.10. The number of benzene rings is 3. The number of ether oxygens (including phenoxy) is 2. The highest BCUT2D eigenvalue weighted by Crippen LogP contribution is 2.37. The molecule has 3 aromatic rings. The van der Waals surface area contributed by atoms with Crippen LogP contribution in [0.4, 0.5) is 4.39 Å². The first-order valence-electron chi connectivity index (χ1n) is 9.33. The van der Waals surface area contributed by atoms with Gasteiger partial charge in [-0.3, -0.25) is 0 Å². The lowest BCUT2D eigenvalue weighted by molar-refractivity contribution is 0.267. The summed E-state index contributed by atoms with van der Waals surface area (Å²) in [5.41, 5.74) is 2.99. The largest absolute Gasteiger partial charge is 0.490 e. The fraction of sp³-hybridized carbons (Fsp3) is 0.217. The molecule has 0 unspecified atom stereocenters. The Morgan fingerprint density at radius 2 is 1.72 bits per heavy atom. The van der Waals surface area contributed by atoms with Crippen molar-refractivity contribution in [3.63, 3.8) is 0 Å². The maximum Gasteiger partial charge on any atom is 0.175 e. The van der Waals surface area contributed by atoms with Gasteiger partial charge in [0.05, 0.1) is 11.1 Å². The van der Waals surface area contributed by atoms with Gasteiger partial charge in [0.25, 0.3) is 0 Å². The molecule has 0 aliphatic carbocycles. The van der Waals surface area contributed by atoms with Crippen molar-refractivity contribution in [2.75, 3.05) is 6.61 Å². The Bertz CT molecular complexity index is 950. The van der Waals surface area contributed by atoms with Gasteiger partial charge in [-0.25, -0.2) is 4.39 Å². The molecule has 0 saturated heterocycles. The van der Waals surface area contributed by atoms with E-state index in [9.17, 15) is 4.39 Å². The molecule has 1 N–H and O–H groups in total. The maximum absolute atomic E-state index is 13.1. The predicted molar refractivity (Wildman–Crippen MR) is 118 cm³/mol. The lowest BCUT2D eigenvalue weighted by Gasteiger charge is -2.16. The molecule has 0 radical (unpaired) electrons. The standard InChI is InChI=1S/C23H22BrClFNO2/c1-2-28-22-12-17(13-27-14-18-5-3-4-6-21(18)25)11-20(24)23(22)29-15-16-7-9-19(26)10-8-16/h3-12,27H,2,13-15H2,1H3. The van der Waals surface area contributed by atoms with E-state index in [1.54, 1.807) is 12.1 Å². The van der Waals surface area contributed by atoms with Gasteiger partial charge < -0.3 is 14.8 Å². The molecule has 0 aromatic heterocycles. The van der Waals surface area contributed by atoms with Crippen LogP contribution in [0, 0.1) is 5.82 Å². The molecule has 0 heterocycles. The summed E-state index contributed by atoms with van der Waals surface area (Å²) in [7, 11) is 0. The molecule has 0 fully saturated rings. The molecule has 3 nitrogen and oxygen atoms in total. The Balaban J connectivity index is 1.68. The van der Waals surface area contributed by atoms with Crippen molar-refractivity contribution in [1.82, 2.24) is 5.32 Å². The Hall–Kier alpha value is -2.08. The SMILES string of the molecule is CCOc1cc(CNCc2ccccc2Cl)cc(Br)c1OCc1ccc(F)cc1. The maximum atomic E-state index is 13.1. The zero-order valence-corrected chi connectivity index (χ0v) is 18.4. The highest BCUT2D eigenvalue weighted by Gasteiger charge is 2.13. The normalized spacial score (nSPS) is 10.8. The first kappa shape index (κ1) is 21.6. The molecule has 152 valence electrons. The third kappa shape index (κ3) is 6.20. The van der Waals surface area contributed by atoms with Gasteiger partial charge in [0.1, 0.15) is 12.4 Å². The molecule has 3 aromatic carbocycles. The van der Waals surface area contributed by atoms with Crippen molar-refractivity contribution < 1.29 is 13.9 Å². The summed E-state index contributed by atoms with van der Waals surface area (Å²) in [6, 6.07) is 18.0. The van der Waals surface area contributed by atoms with Gasteiger partial charge in [0, 0.05) is 18.1 Å². The van der Waals surface area contributed by atoms with Crippen LogP contribution < -0.4 is 14.8 Å². The van der Waals surface area contributed by atoms with Gasteiger partial charge >= 0.3 is 0 Å². The molecule has 0 saturated carbocycles. The molecule has 0 atom stereocenters. The lowest BCUT2D eigenvalue weighted by atomic mass is 10.1. The molecule has 0 bridgehead atoms. The zero-order valence-electron chi connectivity index (χ0n) is 16.1. The van der Waals surface area contributed by atoms with Gasteiger partial charge in [0.2, 0.25) is 0 Å². The summed E-state index contributed by atoms with van der Waals surface area (Å²) in [5, 5.41) is 4.15. The summed E-state index contributed by atoms with van der Waals surface area (Å²) < 4.78 is 25.6. The van der Waals surface area contributed by atoms with E-state index in [0.29, 0.717) is 37.8 Å². The molecular weight excluding hydrogens is 457 g/mol. The summed E-state index contributed by atoms with van der Waals surface area (Å²) in [6.07, 6.45) is 0. The van der Waals surface area contributed by atoms with E-state index in [4.69, 9.17) is 21.1 Å². The summed E-state index contributed by atoms with van der Waals surface area (Å²) in [4.78, 5) is 0. The van der Waals surface area contributed by atoms with Gasteiger partial charge in [-0.1, -0.05) is 41.9 Å². The molecule has 0 amide bonds. The Morgan fingerprint density at radius 3 is 2.45 bits per heavy atom. The smallest absolute Gasteiger partial charge is 0.175 e. The zero-order chi connectivity index (χ0) is 20.6. The van der Waals surface area contributed by atoms with Crippen molar-refractivity contribution in [2.45, 2.75) is 26.6 Å². The van der Waals surface area contributed by atoms with Crippen LogP contribution in [-0.2, 0) is 19.7 Å². The van der Waals surface area contributed by atoms with Gasteiger partial charge in [0.15, 0.2) is 11.5 Å². The van der Waals surface area contributed by atoms with Crippen LogP contribution in [0.3, 0.4) is 0 Å². The van der Waals surface area contributed by atoms with E-state index in [0.717, 1.165) is 26.2 Å². The minimum atomic E-state index is -0.265. The molecule has 3 rings (SSSR count). The Labute approximate surface area is 183 Å². The predicted octanol–water partition coefficient (Wildman–Crippen LogP) is 6.51. The van der Waals surface area contributed by atoms with Crippen molar-refractivity contribution in [1.29, 1.82) is 0 Å². The van der Waals surface area contributed by atoms with E-state index in [-0.39, 0.29) is 5.82 Å². The Kier molecular flexibility index (Phi) is 7.92. The fourth-order valence-corrected chi connectivity index (χ4v) is 3.65. The molecule has 6 heteroatoms. The van der Waals surface area contributed by atoms with Gasteiger partial charge in [-0.2, -0.15) is 0 Å². The number of rotatable bonds is 9. The van der Waals surface area contributed by atoms with E-state index in [1.165, 1.54) is 12.1 Å². The molecule has 0 aliphatic rings. The molecular formula is C23H22BrClFNO2. The first-order chi connectivity index (χ1) is 14.1. The van der Waals surface area contributed by atoms with Crippen LogP contribution in [0.1, 0.15) is 23.6 Å². The minimum Gasteiger partial charge on any atom is -0.490 e. The van der Waals surface area contributed by atoms with E-state index in [2.05, 4.69) is 21.2 Å². The van der Waals surface area contributed by atoms with Crippen LogP contribution in [0.5, 0.6) is 11.5 Å². The summed E-state index contributed by atoms with van der Waals surface area (Å²) >= 11 is 9.80. The average molecular weight is 479 g/mol. The van der Waals surface area contributed by atoms with Crippen LogP contribution in [-0.4, -0.2) is 6.61 Å². The number of hydrogen-bond acceptors (Lipinski definition) is 3.